The first-order valence-electron chi connectivity index (χ1n) is 8.44. The second-order valence-electron chi connectivity index (χ2n) is 6.66. The monoisotopic (exact) mass is 288 g/mol. The Hall–Kier alpha value is -1.06. The molecule has 1 saturated carbocycles. The topological polar surface area (TPSA) is 38.5 Å². The predicted octanol–water partition coefficient (Wildman–Crippen LogP) is 3.13. The summed E-state index contributed by atoms with van der Waals surface area (Å²) in [6.07, 6.45) is 8.04. The number of benzene rings is 1. The third-order valence-corrected chi connectivity index (χ3v) is 5.12. The molecule has 2 N–H and O–H groups in total. The van der Waals surface area contributed by atoms with Crippen molar-refractivity contribution in [2.24, 2.45) is 11.7 Å². The van der Waals surface area contributed by atoms with Crippen molar-refractivity contribution in [1.82, 2.24) is 4.90 Å². The summed E-state index contributed by atoms with van der Waals surface area (Å²) in [5.41, 5.74) is 8.77. The Morgan fingerprint density at radius 2 is 2.10 bits per heavy atom. The van der Waals surface area contributed by atoms with Gasteiger partial charge in [-0.25, -0.2) is 0 Å². The maximum absolute atomic E-state index is 6.08. The third-order valence-electron chi connectivity index (χ3n) is 5.12. The second kappa shape index (κ2) is 6.80. The Morgan fingerprint density at radius 3 is 2.86 bits per heavy atom. The summed E-state index contributed by atoms with van der Waals surface area (Å²) >= 11 is 0. The highest BCUT2D eigenvalue weighted by atomic mass is 16.5. The molecule has 1 atom stereocenters. The Kier molecular flexibility index (Phi) is 4.81. The van der Waals surface area contributed by atoms with Gasteiger partial charge in [0.25, 0.3) is 0 Å². The quantitative estimate of drug-likeness (QED) is 0.904. The standard InChI is InChI=1S/C18H28N2O/c1-20(13-14-5-3-2-4-6-14)17(12-19)15-7-8-18-16(11-15)9-10-21-18/h7-8,11,14,17H,2-6,9-10,12-13,19H2,1H3. The van der Waals surface area contributed by atoms with Crippen molar-refractivity contribution in [3.05, 3.63) is 29.3 Å². The maximum atomic E-state index is 6.08. The molecular formula is C18H28N2O. The van der Waals surface area contributed by atoms with Gasteiger partial charge in [-0.15, -0.1) is 0 Å². The lowest BCUT2D eigenvalue weighted by Gasteiger charge is -2.32. The van der Waals surface area contributed by atoms with Gasteiger partial charge in [0.2, 0.25) is 0 Å². The molecule has 3 heteroatoms. The van der Waals surface area contributed by atoms with E-state index in [9.17, 15) is 0 Å². The Labute approximate surface area is 128 Å². The third kappa shape index (κ3) is 3.41. The summed E-state index contributed by atoms with van der Waals surface area (Å²) in [6.45, 7) is 2.68. The number of nitrogens with two attached hydrogens (primary N) is 1. The summed E-state index contributed by atoms with van der Waals surface area (Å²) in [7, 11) is 2.23. The van der Waals surface area contributed by atoms with Gasteiger partial charge < -0.3 is 10.5 Å². The van der Waals surface area contributed by atoms with Crippen LogP contribution in [0.5, 0.6) is 5.75 Å². The zero-order valence-corrected chi connectivity index (χ0v) is 13.2. The lowest BCUT2D eigenvalue weighted by atomic mass is 9.88. The summed E-state index contributed by atoms with van der Waals surface area (Å²) in [5.74, 6) is 1.92. The number of hydrogen-bond acceptors (Lipinski definition) is 3. The van der Waals surface area contributed by atoms with Gasteiger partial charge in [0, 0.05) is 25.6 Å². The van der Waals surface area contributed by atoms with Crippen LogP contribution in [0.3, 0.4) is 0 Å². The van der Waals surface area contributed by atoms with Crippen LogP contribution in [0.15, 0.2) is 18.2 Å². The van der Waals surface area contributed by atoms with Gasteiger partial charge in [-0.1, -0.05) is 31.4 Å². The molecule has 1 heterocycles. The van der Waals surface area contributed by atoms with E-state index in [-0.39, 0.29) is 0 Å². The van der Waals surface area contributed by atoms with Crippen molar-refractivity contribution in [2.75, 3.05) is 26.7 Å². The van der Waals surface area contributed by atoms with E-state index >= 15 is 0 Å². The molecule has 1 unspecified atom stereocenters. The molecule has 0 spiro atoms. The molecule has 21 heavy (non-hydrogen) atoms. The van der Waals surface area contributed by atoms with Crippen LogP contribution in [0, 0.1) is 5.92 Å². The number of nitrogens with zero attached hydrogens (tertiary/aromatic N) is 1. The summed E-state index contributed by atoms with van der Waals surface area (Å²) in [6, 6.07) is 6.95. The van der Waals surface area contributed by atoms with Crippen molar-refractivity contribution in [2.45, 2.75) is 44.6 Å². The zero-order valence-electron chi connectivity index (χ0n) is 13.2. The molecule has 2 aliphatic rings. The van der Waals surface area contributed by atoms with Crippen molar-refractivity contribution < 1.29 is 4.74 Å². The summed E-state index contributed by atoms with van der Waals surface area (Å²) in [5, 5.41) is 0. The molecule has 0 amide bonds. The van der Waals surface area contributed by atoms with Crippen molar-refractivity contribution in [1.29, 1.82) is 0 Å². The average Bonchev–Trinajstić information content (AvgIpc) is 2.96. The van der Waals surface area contributed by atoms with E-state index in [2.05, 4.69) is 30.1 Å². The lowest BCUT2D eigenvalue weighted by molar-refractivity contribution is 0.185. The van der Waals surface area contributed by atoms with Gasteiger partial charge in [0.15, 0.2) is 0 Å². The van der Waals surface area contributed by atoms with Gasteiger partial charge in [-0.3, -0.25) is 4.90 Å². The van der Waals surface area contributed by atoms with Crippen molar-refractivity contribution in [3.63, 3.8) is 0 Å². The first kappa shape index (κ1) is 14.9. The van der Waals surface area contributed by atoms with Crippen LogP contribution < -0.4 is 10.5 Å². The molecule has 0 radical (unpaired) electrons. The van der Waals surface area contributed by atoms with Gasteiger partial charge >= 0.3 is 0 Å². The highest BCUT2D eigenvalue weighted by Crippen LogP contribution is 2.31. The van der Waals surface area contributed by atoms with Crippen molar-refractivity contribution >= 4 is 0 Å². The molecule has 3 rings (SSSR count). The first-order chi connectivity index (χ1) is 10.3. The Balaban J connectivity index is 1.68. The average molecular weight is 288 g/mol. The minimum atomic E-state index is 0.331. The Bertz CT molecular complexity index is 468. The van der Waals surface area contributed by atoms with Crippen LogP contribution >= 0.6 is 0 Å². The maximum Gasteiger partial charge on any atom is 0.122 e. The van der Waals surface area contributed by atoms with E-state index in [1.165, 1.54) is 49.8 Å². The van der Waals surface area contributed by atoms with Crippen LogP contribution in [0.1, 0.15) is 49.3 Å². The molecular weight excluding hydrogens is 260 g/mol. The van der Waals surface area contributed by atoms with Gasteiger partial charge in [-0.2, -0.15) is 0 Å². The molecule has 1 aliphatic heterocycles. The zero-order chi connectivity index (χ0) is 14.7. The van der Waals surface area contributed by atoms with Gasteiger partial charge in [-0.05, 0) is 43.0 Å². The highest BCUT2D eigenvalue weighted by molar-refractivity contribution is 5.40. The minimum absolute atomic E-state index is 0.331. The van der Waals surface area contributed by atoms with E-state index in [1.54, 1.807) is 0 Å². The molecule has 0 aromatic heterocycles. The van der Waals surface area contributed by atoms with E-state index in [0.29, 0.717) is 12.6 Å². The fourth-order valence-corrected chi connectivity index (χ4v) is 3.89. The minimum Gasteiger partial charge on any atom is -0.493 e. The number of fused-ring (bicyclic) bond motifs is 1. The summed E-state index contributed by atoms with van der Waals surface area (Å²) in [4.78, 5) is 2.47. The highest BCUT2D eigenvalue weighted by Gasteiger charge is 2.22. The molecule has 1 fully saturated rings. The number of rotatable bonds is 5. The van der Waals surface area contributed by atoms with E-state index in [0.717, 1.165) is 24.7 Å². The summed E-state index contributed by atoms with van der Waals surface area (Å²) < 4.78 is 5.60. The molecule has 0 saturated heterocycles. The number of ether oxygens (including phenoxy) is 1. The normalized spacial score (nSPS) is 20.3. The lowest BCUT2D eigenvalue weighted by Crippen LogP contribution is -2.34. The fourth-order valence-electron chi connectivity index (χ4n) is 3.89. The van der Waals surface area contributed by atoms with E-state index < -0.39 is 0 Å². The number of hydrogen-bond donors (Lipinski definition) is 1. The predicted molar refractivity (Wildman–Crippen MR) is 86.6 cm³/mol. The van der Waals surface area contributed by atoms with E-state index in [1.807, 2.05) is 0 Å². The number of likely N-dealkylation sites (N-methyl/N-ethyl adjacent to an activating group) is 1. The second-order valence-corrected chi connectivity index (χ2v) is 6.66. The fraction of sp³-hybridized carbons (Fsp3) is 0.667. The van der Waals surface area contributed by atoms with Crippen LogP contribution in [-0.2, 0) is 6.42 Å². The van der Waals surface area contributed by atoms with Gasteiger partial charge in [0.1, 0.15) is 5.75 Å². The van der Waals surface area contributed by atoms with Gasteiger partial charge in [0.05, 0.1) is 6.61 Å². The van der Waals surface area contributed by atoms with Crippen LogP contribution in [0.4, 0.5) is 0 Å². The molecule has 1 aliphatic carbocycles. The van der Waals surface area contributed by atoms with Crippen molar-refractivity contribution in [3.8, 4) is 5.75 Å². The molecule has 1 aromatic carbocycles. The molecule has 116 valence electrons. The first-order valence-corrected chi connectivity index (χ1v) is 8.44. The molecule has 3 nitrogen and oxygen atoms in total. The molecule has 1 aromatic rings. The van der Waals surface area contributed by atoms with E-state index in [4.69, 9.17) is 10.5 Å². The van der Waals surface area contributed by atoms with Crippen LogP contribution in [0.2, 0.25) is 0 Å². The molecule has 0 bridgehead atoms. The SMILES string of the molecule is CN(CC1CCCCC1)C(CN)c1ccc2c(c1)CCO2. The smallest absolute Gasteiger partial charge is 0.122 e. The largest absolute Gasteiger partial charge is 0.493 e. The Morgan fingerprint density at radius 1 is 1.29 bits per heavy atom. The van der Waals surface area contributed by atoms with Crippen LogP contribution in [0.25, 0.3) is 0 Å². The van der Waals surface area contributed by atoms with Crippen LogP contribution in [-0.4, -0.2) is 31.6 Å².